The van der Waals surface area contributed by atoms with E-state index in [2.05, 4.69) is 27.4 Å². The number of furan rings is 1. The Morgan fingerprint density at radius 2 is 2.13 bits per heavy atom. The van der Waals surface area contributed by atoms with Crippen LogP contribution in [-0.4, -0.2) is 0 Å². The molecule has 2 aromatic heterocycles. The van der Waals surface area contributed by atoms with Gasteiger partial charge < -0.3 is 10.2 Å². The minimum absolute atomic E-state index is 0.0926. The van der Waals surface area contributed by atoms with E-state index >= 15 is 0 Å². The van der Waals surface area contributed by atoms with E-state index in [9.17, 15) is 0 Å². The fraction of sp³-hybridized carbons (Fsp3) is 0.273. The SMILES string of the molecule is Cc1cc(C(N)c2csc(Br)c2)c(C)o1. The lowest BCUT2D eigenvalue weighted by Crippen LogP contribution is -2.10. The molecule has 0 saturated carbocycles. The highest BCUT2D eigenvalue weighted by atomic mass is 79.9. The second-order valence-electron chi connectivity index (χ2n) is 3.53. The van der Waals surface area contributed by atoms with Gasteiger partial charge in [0.15, 0.2) is 0 Å². The molecule has 2 N–H and O–H groups in total. The van der Waals surface area contributed by atoms with E-state index < -0.39 is 0 Å². The molecule has 1 unspecified atom stereocenters. The summed E-state index contributed by atoms with van der Waals surface area (Å²) in [6.07, 6.45) is 0. The van der Waals surface area contributed by atoms with Gasteiger partial charge in [-0.3, -0.25) is 0 Å². The Bertz CT molecular complexity index is 475. The summed E-state index contributed by atoms with van der Waals surface area (Å²) in [6, 6.07) is 3.97. The molecular weight excluding hydrogens is 274 g/mol. The summed E-state index contributed by atoms with van der Waals surface area (Å²) in [5, 5.41) is 2.07. The van der Waals surface area contributed by atoms with E-state index in [-0.39, 0.29) is 6.04 Å². The summed E-state index contributed by atoms with van der Waals surface area (Å²) >= 11 is 5.08. The van der Waals surface area contributed by atoms with Crippen LogP contribution in [0, 0.1) is 13.8 Å². The molecule has 0 saturated heterocycles. The number of hydrogen-bond donors (Lipinski definition) is 1. The van der Waals surface area contributed by atoms with Gasteiger partial charge in [0, 0.05) is 5.56 Å². The number of nitrogens with two attached hydrogens (primary N) is 1. The van der Waals surface area contributed by atoms with Crippen molar-refractivity contribution in [1.29, 1.82) is 0 Å². The zero-order valence-corrected chi connectivity index (χ0v) is 11.0. The zero-order chi connectivity index (χ0) is 11.0. The Morgan fingerprint density at radius 1 is 1.40 bits per heavy atom. The second-order valence-corrected chi connectivity index (χ2v) is 5.82. The quantitative estimate of drug-likeness (QED) is 0.912. The largest absolute Gasteiger partial charge is 0.466 e. The Morgan fingerprint density at radius 3 is 2.60 bits per heavy atom. The molecule has 0 aliphatic heterocycles. The predicted octanol–water partition coefficient (Wildman–Crippen LogP) is 3.77. The normalized spacial score (nSPS) is 13.1. The highest BCUT2D eigenvalue weighted by Crippen LogP contribution is 2.30. The molecule has 4 heteroatoms. The summed E-state index contributed by atoms with van der Waals surface area (Å²) in [7, 11) is 0. The van der Waals surface area contributed by atoms with Gasteiger partial charge in [-0.05, 0) is 52.9 Å². The smallest absolute Gasteiger partial charge is 0.106 e. The molecule has 0 amide bonds. The van der Waals surface area contributed by atoms with E-state index in [1.165, 1.54) is 0 Å². The van der Waals surface area contributed by atoms with Crippen LogP contribution >= 0.6 is 27.3 Å². The summed E-state index contributed by atoms with van der Waals surface area (Å²) in [5.74, 6) is 1.81. The molecule has 80 valence electrons. The molecule has 2 heterocycles. The summed E-state index contributed by atoms with van der Waals surface area (Å²) in [5.41, 5.74) is 8.36. The molecule has 0 fully saturated rings. The molecule has 0 aliphatic carbocycles. The second kappa shape index (κ2) is 4.12. The predicted molar refractivity (Wildman–Crippen MR) is 66.2 cm³/mol. The van der Waals surface area contributed by atoms with Crippen LogP contribution in [0.15, 0.2) is 25.7 Å². The van der Waals surface area contributed by atoms with Gasteiger partial charge in [0.2, 0.25) is 0 Å². The number of aryl methyl sites for hydroxylation is 2. The third kappa shape index (κ3) is 2.17. The molecule has 2 aromatic rings. The maximum atomic E-state index is 6.17. The first-order valence-electron chi connectivity index (χ1n) is 4.64. The zero-order valence-electron chi connectivity index (χ0n) is 8.58. The van der Waals surface area contributed by atoms with Gasteiger partial charge in [0.1, 0.15) is 11.5 Å². The van der Waals surface area contributed by atoms with Gasteiger partial charge in [0.05, 0.1) is 9.83 Å². The van der Waals surface area contributed by atoms with Gasteiger partial charge in [-0.1, -0.05) is 0 Å². The van der Waals surface area contributed by atoms with Crippen LogP contribution in [0.1, 0.15) is 28.7 Å². The summed E-state index contributed by atoms with van der Waals surface area (Å²) in [6.45, 7) is 3.89. The Kier molecular flexibility index (Phi) is 3.00. The lowest BCUT2D eigenvalue weighted by Gasteiger charge is -2.07. The van der Waals surface area contributed by atoms with E-state index in [4.69, 9.17) is 10.2 Å². The van der Waals surface area contributed by atoms with Crippen molar-refractivity contribution in [1.82, 2.24) is 0 Å². The average molecular weight is 286 g/mol. The van der Waals surface area contributed by atoms with Crippen LogP contribution in [0.25, 0.3) is 0 Å². The van der Waals surface area contributed by atoms with Crippen molar-refractivity contribution in [3.8, 4) is 0 Å². The highest BCUT2D eigenvalue weighted by Gasteiger charge is 2.15. The fourth-order valence-electron chi connectivity index (χ4n) is 1.63. The van der Waals surface area contributed by atoms with Crippen LogP contribution in [0.2, 0.25) is 0 Å². The van der Waals surface area contributed by atoms with Crippen LogP contribution in [-0.2, 0) is 0 Å². The van der Waals surface area contributed by atoms with E-state index in [0.717, 1.165) is 26.4 Å². The van der Waals surface area contributed by atoms with Crippen molar-refractivity contribution in [2.75, 3.05) is 0 Å². The monoisotopic (exact) mass is 285 g/mol. The number of rotatable bonds is 2. The minimum atomic E-state index is -0.0926. The third-order valence-corrected chi connectivity index (χ3v) is 3.88. The Labute approximate surface area is 101 Å². The van der Waals surface area contributed by atoms with Crippen molar-refractivity contribution in [2.24, 2.45) is 5.73 Å². The molecule has 0 spiro atoms. The van der Waals surface area contributed by atoms with Gasteiger partial charge in [-0.2, -0.15) is 0 Å². The number of halogens is 1. The number of hydrogen-bond acceptors (Lipinski definition) is 3. The molecule has 0 aliphatic rings. The van der Waals surface area contributed by atoms with Gasteiger partial charge in [-0.15, -0.1) is 11.3 Å². The average Bonchev–Trinajstić information content (AvgIpc) is 2.71. The first-order valence-corrected chi connectivity index (χ1v) is 6.31. The van der Waals surface area contributed by atoms with Crippen molar-refractivity contribution in [2.45, 2.75) is 19.9 Å². The van der Waals surface area contributed by atoms with Crippen LogP contribution in [0.3, 0.4) is 0 Å². The lowest BCUT2D eigenvalue weighted by molar-refractivity contribution is 0.499. The van der Waals surface area contributed by atoms with Crippen LogP contribution in [0.4, 0.5) is 0 Å². The molecule has 15 heavy (non-hydrogen) atoms. The van der Waals surface area contributed by atoms with Gasteiger partial charge in [-0.25, -0.2) is 0 Å². The molecule has 0 aromatic carbocycles. The van der Waals surface area contributed by atoms with Crippen molar-refractivity contribution in [3.05, 3.63) is 43.9 Å². The van der Waals surface area contributed by atoms with Crippen molar-refractivity contribution >= 4 is 27.3 Å². The maximum Gasteiger partial charge on any atom is 0.106 e. The van der Waals surface area contributed by atoms with E-state index in [1.807, 2.05) is 19.9 Å². The van der Waals surface area contributed by atoms with E-state index in [0.29, 0.717) is 0 Å². The van der Waals surface area contributed by atoms with Gasteiger partial charge in [0.25, 0.3) is 0 Å². The van der Waals surface area contributed by atoms with Gasteiger partial charge >= 0.3 is 0 Å². The van der Waals surface area contributed by atoms with Crippen LogP contribution < -0.4 is 5.73 Å². The summed E-state index contributed by atoms with van der Waals surface area (Å²) in [4.78, 5) is 0. The standard InChI is InChI=1S/C11H12BrNOS/c1-6-3-9(7(2)14-6)11(13)8-4-10(12)15-5-8/h3-5,11H,13H2,1-2H3. The molecular formula is C11H12BrNOS. The highest BCUT2D eigenvalue weighted by molar-refractivity contribution is 9.11. The third-order valence-electron chi connectivity index (χ3n) is 2.36. The Balaban J connectivity index is 2.35. The first-order chi connectivity index (χ1) is 7.08. The maximum absolute atomic E-state index is 6.17. The van der Waals surface area contributed by atoms with Crippen LogP contribution in [0.5, 0.6) is 0 Å². The molecule has 0 radical (unpaired) electrons. The molecule has 0 bridgehead atoms. The first kappa shape index (κ1) is 10.9. The minimum Gasteiger partial charge on any atom is -0.466 e. The Hall–Kier alpha value is -0.580. The van der Waals surface area contributed by atoms with Crippen molar-refractivity contribution < 1.29 is 4.42 Å². The topological polar surface area (TPSA) is 39.2 Å². The lowest BCUT2D eigenvalue weighted by atomic mass is 10.0. The van der Waals surface area contributed by atoms with Crippen molar-refractivity contribution in [3.63, 3.8) is 0 Å². The fourth-order valence-corrected chi connectivity index (χ4v) is 2.84. The number of thiophene rings is 1. The molecule has 2 rings (SSSR count). The molecule has 1 atom stereocenters. The van der Waals surface area contributed by atoms with E-state index in [1.54, 1.807) is 11.3 Å². The molecule has 2 nitrogen and oxygen atoms in total. The summed E-state index contributed by atoms with van der Waals surface area (Å²) < 4.78 is 6.58.